The summed E-state index contributed by atoms with van der Waals surface area (Å²) in [5.74, 6) is 0.288. The van der Waals surface area contributed by atoms with Crippen LogP contribution in [0.5, 0.6) is 0 Å². The fraction of sp³-hybridized carbons (Fsp3) is 0.650. The third-order valence-corrected chi connectivity index (χ3v) is 11.2. The fourth-order valence-electron chi connectivity index (χ4n) is 3.80. The Hall–Kier alpha value is -0.653. The van der Waals surface area contributed by atoms with Crippen molar-refractivity contribution in [3.8, 4) is 0 Å². The maximum absolute atomic E-state index is 6.69. The quantitative estimate of drug-likeness (QED) is 0.441. The Kier molecular flexibility index (Phi) is 7.71. The van der Waals surface area contributed by atoms with Gasteiger partial charge in [-0.05, 0) is 49.5 Å². The van der Waals surface area contributed by atoms with E-state index < -0.39 is 8.32 Å². The smallest absolute Gasteiger partial charge is 0.192 e. The van der Waals surface area contributed by atoms with Gasteiger partial charge < -0.3 is 9.26 Å². The number of hydrogen-bond acceptors (Lipinski definition) is 3. The van der Waals surface area contributed by atoms with E-state index in [1.807, 2.05) is 0 Å². The standard InChI is InChI=1S/C20H32BrNO2Si/c1-6-19-17(14-16-12-10-11-13-18(16)21)20(23-22-19)15(5)24-25(7-2,8-3)9-4/h10-13,15,17,20H,6-9,14H2,1-5H3/t15-,17-,20+/m1/s1. The first-order valence-electron chi connectivity index (χ1n) is 9.64. The van der Waals surface area contributed by atoms with Gasteiger partial charge in [-0.15, -0.1) is 0 Å². The third kappa shape index (κ3) is 4.75. The Labute approximate surface area is 162 Å². The molecule has 3 atom stereocenters. The largest absolute Gasteiger partial charge is 0.410 e. The maximum atomic E-state index is 6.69. The molecule has 0 N–H and O–H groups in total. The molecule has 1 aromatic carbocycles. The van der Waals surface area contributed by atoms with Gasteiger partial charge in [0.2, 0.25) is 0 Å². The van der Waals surface area contributed by atoms with E-state index in [0.29, 0.717) is 0 Å². The Morgan fingerprint density at radius 2 is 1.80 bits per heavy atom. The lowest BCUT2D eigenvalue weighted by atomic mass is 9.87. The zero-order chi connectivity index (χ0) is 18.4. The summed E-state index contributed by atoms with van der Waals surface area (Å²) in [4.78, 5) is 5.89. The topological polar surface area (TPSA) is 30.8 Å². The van der Waals surface area contributed by atoms with Gasteiger partial charge >= 0.3 is 0 Å². The lowest BCUT2D eigenvalue weighted by Crippen LogP contribution is -2.45. The summed E-state index contributed by atoms with van der Waals surface area (Å²) >= 11 is 3.68. The van der Waals surface area contributed by atoms with Gasteiger partial charge in [-0.25, -0.2) is 0 Å². The van der Waals surface area contributed by atoms with Crippen LogP contribution in [0.4, 0.5) is 0 Å². The van der Waals surface area contributed by atoms with Crippen molar-refractivity contribution in [2.24, 2.45) is 11.1 Å². The first-order valence-corrected chi connectivity index (χ1v) is 13.0. The normalized spacial score (nSPS) is 21.8. The second-order valence-corrected chi connectivity index (χ2v) is 12.6. The van der Waals surface area contributed by atoms with Crippen LogP contribution in [0.3, 0.4) is 0 Å². The highest BCUT2D eigenvalue weighted by Gasteiger charge is 2.41. The SMILES string of the molecule is CCC1=NO[C@@H]([C@@H](C)O[Si](CC)(CC)CC)[C@@H]1Cc1ccccc1Br. The van der Waals surface area contributed by atoms with Crippen molar-refractivity contribution in [2.45, 2.75) is 77.8 Å². The van der Waals surface area contributed by atoms with E-state index in [-0.39, 0.29) is 18.1 Å². The second kappa shape index (κ2) is 9.33. The van der Waals surface area contributed by atoms with Gasteiger partial charge in [0.1, 0.15) is 0 Å². The van der Waals surface area contributed by atoms with Gasteiger partial charge in [0.25, 0.3) is 0 Å². The minimum Gasteiger partial charge on any atom is -0.410 e. The van der Waals surface area contributed by atoms with Crippen LogP contribution in [0, 0.1) is 5.92 Å². The molecule has 0 aliphatic carbocycles. The first-order chi connectivity index (χ1) is 12.0. The highest BCUT2D eigenvalue weighted by Crippen LogP contribution is 2.33. The summed E-state index contributed by atoms with van der Waals surface area (Å²) in [6, 6.07) is 11.9. The first kappa shape index (κ1) is 20.7. The Morgan fingerprint density at radius 1 is 1.16 bits per heavy atom. The lowest BCUT2D eigenvalue weighted by Gasteiger charge is -2.35. The monoisotopic (exact) mass is 425 g/mol. The maximum Gasteiger partial charge on any atom is 0.192 e. The molecule has 0 fully saturated rings. The Bertz CT molecular complexity index is 581. The average Bonchev–Trinajstić information content (AvgIpc) is 3.04. The average molecular weight is 426 g/mol. The van der Waals surface area contributed by atoms with E-state index in [9.17, 15) is 0 Å². The van der Waals surface area contributed by atoms with E-state index >= 15 is 0 Å². The van der Waals surface area contributed by atoms with Crippen molar-refractivity contribution in [1.29, 1.82) is 0 Å². The number of rotatable bonds is 9. The predicted molar refractivity (Wildman–Crippen MR) is 112 cm³/mol. The van der Waals surface area contributed by atoms with Crippen molar-refractivity contribution in [2.75, 3.05) is 0 Å². The minimum absolute atomic E-state index is 0.0126. The van der Waals surface area contributed by atoms with E-state index in [2.05, 4.69) is 80.0 Å². The summed E-state index contributed by atoms with van der Waals surface area (Å²) in [6.45, 7) is 11.1. The highest BCUT2D eigenvalue weighted by atomic mass is 79.9. The summed E-state index contributed by atoms with van der Waals surface area (Å²) < 4.78 is 7.85. The van der Waals surface area contributed by atoms with E-state index in [1.54, 1.807) is 0 Å². The molecule has 0 bridgehead atoms. The van der Waals surface area contributed by atoms with Crippen LogP contribution in [0.15, 0.2) is 33.9 Å². The zero-order valence-corrected chi connectivity index (χ0v) is 18.8. The van der Waals surface area contributed by atoms with E-state index in [1.165, 1.54) is 5.56 Å². The van der Waals surface area contributed by atoms with Gasteiger partial charge in [0.15, 0.2) is 14.4 Å². The molecule has 1 heterocycles. The summed E-state index contributed by atoms with van der Waals surface area (Å²) in [7, 11) is -1.65. The van der Waals surface area contributed by atoms with Crippen LogP contribution in [-0.4, -0.2) is 26.2 Å². The van der Waals surface area contributed by atoms with E-state index in [0.717, 1.165) is 41.2 Å². The second-order valence-electron chi connectivity index (χ2n) is 6.97. The lowest BCUT2D eigenvalue weighted by molar-refractivity contribution is -0.0205. The van der Waals surface area contributed by atoms with Crippen molar-refractivity contribution in [3.05, 3.63) is 34.3 Å². The van der Waals surface area contributed by atoms with Crippen LogP contribution in [-0.2, 0) is 15.7 Å². The molecule has 2 rings (SSSR count). The molecule has 5 heteroatoms. The minimum atomic E-state index is -1.65. The molecule has 0 saturated heterocycles. The molecule has 1 aromatic rings. The molecule has 0 unspecified atom stereocenters. The van der Waals surface area contributed by atoms with Crippen LogP contribution >= 0.6 is 15.9 Å². The van der Waals surface area contributed by atoms with Crippen LogP contribution < -0.4 is 0 Å². The fourth-order valence-corrected chi connectivity index (χ4v) is 7.16. The van der Waals surface area contributed by atoms with Crippen LogP contribution in [0.2, 0.25) is 18.1 Å². The number of benzene rings is 1. The number of nitrogens with zero attached hydrogens (tertiary/aromatic N) is 1. The van der Waals surface area contributed by atoms with Crippen molar-refractivity contribution in [3.63, 3.8) is 0 Å². The molecule has 1 aliphatic rings. The van der Waals surface area contributed by atoms with Crippen molar-refractivity contribution in [1.82, 2.24) is 0 Å². The van der Waals surface area contributed by atoms with Gasteiger partial charge in [-0.1, -0.05) is 67.0 Å². The summed E-state index contributed by atoms with van der Waals surface area (Å²) in [5.41, 5.74) is 2.47. The van der Waals surface area contributed by atoms with E-state index in [4.69, 9.17) is 9.26 Å². The molecule has 0 spiro atoms. The predicted octanol–water partition coefficient (Wildman–Crippen LogP) is 6.18. The number of halogens is 1. The molecule has 0 saturated carbocycles. The Morgan fingerprint density at radius 3 is 2.36 bits per heavy atom. The van der Waals surface area contributed by atoms with Crippen LogP contribution in [0.1, 0.15) is 46.6 Å². The number of hydrogen-bond donors (Lipinski definition) is 0. The van der Waals surface area contributed by atoms with Crippen molar-refractivity contribution >= 4 is 30.0 Å². The zero-order valence-electron chi connectivity index (χ0n) is 16.2. The molecule has 0 radical (unpaired) electrons. The van der Waals surface area contributed by atoms with Gasteiger partial charge in [-0.2, -0.15) is 0 Å². The third-order valence-electron chi connectivity index (χ3n) is 5.71. The summed E-state index contributed by atoms with van der Waals surface area (Å²) in [5, 5.41) is 4.41. The molecule has 140 valence electrons. The summed E-state index contributed by atoms with van der Waals surface area (Å²) in [6.07, 6.45) is 1.95. The molecular weight excluding hydrogens is 394 g/mol. The van der Waals surface area contributed by atoms with Gasteiger partial charge in [0, 0.05) is 10.4 Å². The van der Waals surface area contributed by atoms with Crippen LogP contribution in [0.25, 0.3) is 0 Å². The van der Waals surface area contributed by atoms with Gasteiger partial charge in [0.05, 0.1) is 11.8 Å². The van der Waals surface area contributed by atoms with Gasteiger partial charge in [-0.3, -0.25) is 0 Å². The molecule has 25 heavy (non-hydrogen) atoms. The highest BCUT2D eigenvalue weighted by molar-refractivity contribution is 9.10. The molecular formula is C20H32BrNO2Si. The Balaban J connectivity index is 2.17. The number of oxime groups is 1. The molecule has 0 amide bonds. The van der Waals surface area contributed by atoms with Crippen molar-refractivity contribution < 1.29 is 9.26 Å². The molecule has 3 nitrogen and oxygen atoms in total. The molecule has 1 aliphatic heterocycles. The molecule has 0 aromatic heterocycles.